The van der Waals surface area contributed by atoms with Crippen LogP contribution in [0.5, 0.6) is 0 Å². The third-order valence-corrected chi connectivity index (χ3v) is 5.69. The summed E-state index contributed by atoms with van der Waals surface area (Å²) < 4.78 is 6.41. The number of amides is 1. The molecule has 4 aromatic rings. The number of aryl methyl sites for hydroxylation is 1. The largest absolute Gasteiger partial charge is 0.452 e. The summed E-state index contributed by atoms with van der Waals surface area (Å²) in [4.78, 5) is 41.2. The number of carbonyl (C=O) groups excluding carboxylic acids is 2. The van der Waals surface area contributed by atoms with E-state index in [2.05, 4.69) is 15.4 Å². The minimum atomic E-state index is -0.916. The topological polar surface area (TPSA) is 106 Å². The summed E-state index contributed by atoms with van der Waals surface area (Å²) in [5, 5.41) is 7.51. The molecule has 0 atom stereocenters. The fraction of sp³-hybridized carbons (Fsp3) is 0.0909. The Kier molecular flexibility index (Phi) is 6.29. The average molecular weight is 469 g/mol. The maximum Gasteiger partial charge on any atom is 0.345 e. The molecule has 162 valence electrons. The van der Waals surface area contributed by atoms with Crippen LogP contribution in [-0.4, -0.2) is 33.1 Å². The van der Waals surface area contributed by atoms with Gasteiger partial charge in [0, 0.05) is 20.9 Å². The molecule has 8 nitrogen and oxygen atoms in total. The summed E-state index contributed by atoms with van der Waals surface area (Å²) in [5.74, 6) is -1.45. The molecule has 0 spiro atoms. The van der Waals surface area contributed by atoms with Crippen LogP contribution in [0.3, 0.4) is 0 Å². The third-order valence-electron chi connectivity index (χ3n) is 4.35. The van der Waals surface area contributed by atoms with E-state index in [0.29, 0.717) is 22.1 Å². The number of esters is 1. The van der Waals surface area contributed by atoms with E-state index < -0.39 is 24.0 Å². The number of aromatic nitrogens is 3. The highest BCUT2D eigenvalue weighted by atomic mass is 35.5. The molecule has 32 heavy (non-hydrogen) atoms. The highest BCUT2D eigenvalue weighted by Gasteiger charge is 2.17. The van der Waals surface area contributed by atoms with Gasteiger partial charge < -0.3 is 15.0 Å². The lowest BCUT2D eigenvalue weighted by Gasteiger charge is -2.11. The SMILES string of the molecule is Cc1cc2[nH]c(=O)c(C(=O)OCC(=O)Nc3ccccc3Sc3ccc(Cl)cc3)cn2n1. The molecule has 2 N–H and O–H groups in total. The number of ether oxygens (including phenoxy) is 1. The van der Waals surface area contributed by atoms with Crippen molar-refractivity contribution in [3.05, 3.63) is 87.4 Å². The van der Waals surface area contributed by atoms with E-state index in [1.54, 1.807) is 37.3 Å². The maximum atomic E-state index is 12.4. The van der Waals surface area contributed by atoms with Crippen molar-refractivity contribution in [2.45, 2.75) is 16.7 Å². The first-order valence-corrected chi connectivity index (χ1v) is 10.7. The summed E-state index contributed by atoms with van der Waals surface area (Å²) in [6.45, 7) is 1.21. The van der Waals surface area contributed by atoms with Crippen molar-refractivity contribution >= 4 is 46.6 Å². The lowest BCUT2D eigenvalue weighted by molar-refractivity contribution is -0.119. The number of aromatic amines is 1. The normalized spacial score (nSPS) is 10.8. The predicted octanol–water partition coefficient (Wildman–Crippen LogP) is 3.93. The number of benzene rings is 2. The Morgan fingerprint density at radius 3 is 2.72 bits per heavy atom. The predicted molar refractivity (Wildman–Crippen MR) is 121 cm³/mol. The summed E-state index contributed by atoms with van der Waals surface area (Å²) in [6.07, 6.45) is 1.28. The monoisotopic (exact) mass is 468 g/mol. The number of nitrogens with zero attached hydrogens (tertiary/aromatic N) is 2. The third kappa shape index (κ3) is 5.01. The molecule has 0 aliphatic carbocycles. The highest BCUT2D eigenvalue weighted by Crippen LogP contribution is 2.33. The van der Waals surface area contributed by atoms with Crippen molar-refractivity contribution in [2.75, 3.05) is 11.9 Å². The van der Waals surface area contributed by atoms with E-state index >= 15 is 0 Å². The molecule has 2 aromatic carbocycles. The zero-order valence-electron chi connectivity index (χ0n) is 16.8. The number of H-pyrrole nitrogens is 1. The number of anilines is 1. The zero-order chi connectivity index (χ0) is 22.7. The number of halogens is 1. The molecule has 0 unspecified atom stereocenters. The summed E-state index contributed by atoms with van der Waals surface area (Å²) in [7, 11) is 0. The minimum Gasteiger partial charge on any atom is -0.452 e. The van der Waals surface area contributed by atoms with Crippen LogP contribution in [0, 0.1) is 6.92 Å². The zero-order valence-corrected chi connectivity index (χ0v) is 18.4. The number of fused-ring (bicyclic) bond motifs is 1. The van der Waals surface area contributed by atoms with Crippen molar-refractivity contribution in [3.63, 3.8) is 0 Å². The summed E-state index contributed by atoms with van der Waals surface area (Å²) in [6, 6.07) is 16.2. The van der Waals surface area contributed by atoms with Gasteiger partial charge in [-0.15, -0.1) is 0 Å². The molecule has 0 saturated heterocycles. The van der Waals surface area contributed by atoms with Gasteiger partial charge in [0.25, 0.3) is 11.5 Å². The Bertz CT molecular complexity index is 1360. The first kappa shape index (κ1) is 21.7. The van der Waals surface area contributed by atoms with Crippen molar-refractivity contribution in [3.8, 4) is 0 Å². The second kappa shape index (κ2) is 9.29. The van der Waals surface area contributed by atoms with Gasteiger partial charge in [-0.3, -0.25) is 9.59 Å². The van der Waals surface area contributed by atoms with E-state index in [1.807, 2.05) is 24.3 Å². The number of carbonyl (C=O) groups is 2. The molecule has 0 fully saturated rings. The molecule has 0 bridgehead atoms. The Morgan fingerprint density at radius 2 is 1.94 bits per heavy atom. The lowest BCUT2D eigenvalue weighted by Crippen LogP contribution is -2.25. The number of hydrogen-bond acceptors (Lipinski definition) is 6. The van der Waals surface area contributed by atoms with Gasteiger partial charge in [0.05, 0.1) is 17.6 Å². The van der Waals surface area contributed by atoms with E-state index in [1.165, 1.54) is 22.5 Å². The molecule has 2 heterocycles. The molecular weight excluding hydrogens is 452 g/mol. The molecule has 0 saturated carbocycles. The lowest BCUT2D eigenvalue weighted by atomic mass is 10.3. The van der Waals surface area contributed by atoms with Crippen molar-refractivity contribution in [1.82, 2.24) is 14.6 Å². The standard InChI is InChI=1S/C22H17ClN4O4S/c1-13-10-19-25-21(29)16(11-27(19)26-13)22(30)31-12-20(28)24-17-4-2-3-5-18(17)32-15-8-6-14(23)7-9-15/h2-11H,12H2,1H3,(H,24,28)(H,25,29). The van der Waals surface area contributed by atoms with Gasteiger partial charge in [0.1, 0.15) is 11.2 Å². The molecule has 0 radical (unpaired) electrons. The fourth-order valence-electron chi connectivity index (χ4n) is 2.90. The van der Waals surface area contributed by atoms with Gasteiger partial charge in [0.15, 0.2) is 6.61 Å². The molecule has 4 rings (SSSR count). The Morgan fingerprint density at radius 1 is 1.19 bits per heavy atom. The van der Waals surface area contributed by atoms with Crippen LogP contribution < -0.4 is 10.9 Å². The van der Waals surface area contributed by atoms with E-state index in [9.17, 15) is 14.4 Å². The summed E-state index contributed by atoms with van der Waals surface area (Å²) >= 11 is 7.38. The number of rotatable bonds is 6. The first-order chi connectivity index (χ1) is 15.4. The van der Waals surface area contributed by atoms with Crippen molar-refractivity contribution < 1.29 is 14.3 Å². The second-order valence-electron chi connectivity index (χ2n) is 6.79. The van der Waals surface area contributed by atoms with Crippen LogP contribution in [0.2, 0.25) is 5.02 Å². The van der Waals surface area contributed by atoms with Crippen molar-refractivity contribution in [1.29, 1.82) is 0 Å². The summed E-state index contributed by atoms with van der Waals surface area (Å²) in [5.41, 5.74) is 0.844. The van der Waals surface area contributed by atoms with Gasteiger partial charge in [-0.05, 0) is 43.3 Å². The second-order valence-corrected chi connectivity index (χ2v) is 8.34. The van der Waals surface area contributed by atoms with Crippen LogP contribution >= 0.6 is 23.4 Å². The van der Waals surface area contributed by atoms with Crippen LogP contribution in [0.25, 0.3) is 5.65 Å². The number of nitrogens with one attached hydrogen (secondary N) is 2. The molecule has 10 heteroatoms. The maximum absolute atomic E-state index is 12.4. The molecule has 0 aliphatic heterocycles. The molecular formula is C22H17ClN4O4S. The van der Waals surface area contributed by atoms with E-state index in [4.69, 9.17) is 16.3 Å². The van der Waals surface area contributed by atoms with E-state index in [0.717, 1.165) is 9.79 Å². The van der Waals surface area contributed by atoms with Crippen LogP contribution in [-0.2, 0) is 9.53 Å². The minimum absolute atomic E-state index is 0.243. The van der Waals surface area contributed by atoms with Crippen LogP contribution in [0.15, 0.2) is 75.4 Å². The van der Waals surface area contributed by atoms with E-state index in [-0.39, 0.29) is 5.56 Å². The molecule has 0 aliphatic rings. The fourth-order valence-corrected chi connectivity index (χ4v) is 3.93. The van der Waals surface area contributed by atoms with Gasteiger partial charge in [0.2, 0.25) is 0 Å². The highest BCUT2D eigenvalue weighted by molar-refractivity contribution is 7.99. The number of para-hydroxylation sites is 1. The van der Waals surface area contributed by atoms with Crippen LogP contribution in [0.1, 0.15) is 16.1 Å². The van der Waals surface area contributed by atoms with Gasteiger partial charge >= 0.3 is 5.97 Å². The Balaban J connectivity index is 1.41. The molecule has 2 aromatic heterocycles. The Hall–Kier alpha value is -3.56. The quantitative estimate of drug-likeness (QED) is 0.415. The van der Waals surface area contributed by atoms with Gasteiger partial charge in [-0.25, -0.2) is 9.31 Å². The van der Waals surface area contributed by atoms with Crippen molar-refractivity contribution in [2.24, 2.45) is 0 Å². The van der Waals surface area contributed by atoms with Gasteiger partial charge in [-0.1, -0.05) is 35.5 Å². The Labute approximate surface area is 191 Å². The molecule has 1 amide bonds. The average Bonchev–Trinajstić information content (AvgIpc) is 3.13. The first-order valence-electron chi connectivity index (χ1n) is 9.48. The smallest absolute Gasteiger partial charge is 0.345 e. The number of hydrogen-bond donors (Lipinski definition) is 2. The van der Waals surface area contributed by atoms with Crippen LogP contribution in [0.4, 0.5) is 5.69 Å². The van der Waals surface area contributed by atoms with Gasteiger partial charge in [-0.2, -0.15) is 5.10 Å².